The van der Waals surface area contributed by atoms with E-state index in [1.54, 1.807) is 6.20 Å². The second-order valence-corrected chi connectivity index (χ2v) is 5.18. The molecule has 1 unspecified atom stereocenters. The van der Waals surface area contributed by atoms with Crippen LogP contribution in [0.25, 0.3) is 0 Å². The van der Waals surface area contributed by atoms with Gasteiger partial charge in [-0.2, -0.15) is 5.10 Å². The van der Waals surface area contributed by atoms with Gasteiger partial charge in [-0.1, -0.05) is 0 Å². The highest BCUT2D eigenvalue weighted by Crippen LogP contribution is 2.35. The summed E-state index contributed by atoms with van der Waals surface area (Å²) >= 11 is 0. The lowest BCUT2D eigenvalue weighted by atomic mass is 10.1. The molecule has 0 bridgehead atoms. The maximum Gasteiger partial charge on any atom is 0.151 e. The summed E-state index contributed by atoms with van der Waals surface area (Å²) in [5.74, 6) is 1.99. The van der Waals surface area contributed by atoms with Crippen LogP contribution in [-0.2, 0) is 0 Å². The standard InChI is InChI=1S/C13H20N4/c1-11(12-4-5-12)16-7-9-17(10-8-16)13-3-2-6-14-15-13/h2-3,6,11-12H,4-5,7-10H2,1H3. The predicted octanol–water partition coefficient (Wildman–Crippen LogP) is 1.40. The molecule has 1 atom stereocenters. The third kappa shape index (κ3) is 2.41. The third-order valence-corrected chi connectivity index (χ3v) is 4.08. The fourth-order valence-electron chi connectivity index (χ4n) is 2.70. The zero-order valence-corrected chi connectivity index (χ0v) is 10.4. The summed E-state index contributed by atoms with van der Waals surface area (Å²) < 4.78 is 0. The summed E-state index contributed by atoms with van der Waals surface area (Å²) in [5, 5.41) is 8.12. The molecule has 2 heterocycles. The van der Waals surface area contributed by atoms with Crippen LogP contribution in [0.3, 0.4) is 0 Å². The molecule has 92 valence electrons. The molecule has 2 aliphatic rings. The fourth-order valence-corrected chi connectivity index (χ4v) is 2.70. The van der Waals surface area contributed by atoms with Crippen molar-refractivity contribution in [2.75, 3.05) is 31.1 Å². The Bertz CT molecular complexity index is 355. The average molecular weight is 232 g/mol. The second-order valence-electron chi connectivity index (χ2n) is 5.18. The molecule has 0 aromatic carbocycles. The van der Waals surface area contributed by atoms with E-state index in [1.165, 1.54) is 12.8 Å². The van der Waals surface area contributed by atoms with Crippen molar-refractivity contribution < 1.29 is 0 Å². The first-order chi connectivity index (χ1) is 8.34. The van der Waals surface area contributed by atoms with Crippen LogP contribution in [0.5, 0.6) is 0 Å². The van der Waals surface area contributed by atoms with E-state index < -0.39 is 0 Å². The average Bonchev–Trinajstić information content (AvgIpc) is 3.24. The van der Waals surface area contributed by atoms with Crippen molar-refractivity contribution in [1.82, 2.24) is 15.1 Å². The molecule has 1 saturated heterocycles. The zero-order chi connectivity index (χ0) is 11.7. The Labute approximate surface area is 103 Å². The van der Waals surface area contributed by atoms with Gasteiger partial charge in [-0.15, -0.1) is 5.10 Å². The van der Waals surface area contributed by atoms with Crippen molar-refractivity contribution in [2.24, 2.45) is 5.92 Å². The van der Waals surface area contributed by atoms with E-state index in [4.69, 9.17) is 0 Å². The van der Waals surface area contributed by atoms with E-state index in [9.17, 15) is 0 Å². The van der Waals surface area contributed by atoms with Crippen LogP contribution in [0.1, 0.15) is 19.8 Å². The Hall–Kier alpha value is -1.16. The molecule has 0 spiro atoms. The number of anilines is 1. The number of hydrogen-bond acceptors (Lipinski definition) is 4. The number of nitrogens with zero attached hydrogens (tertiary/aromatic N) is 4. The lowest BCUT2D eigenvalue weighted by Gasteiger charge is -2.38. The Morgan fingerprint density at radius 3 is 2.59 bits per heavy atom. The van der Waals surface area contributed by atoms with Gasteiger partial charge in [0.25, 0.3) is 0 Å². The van der Waals surface area contributed by atoms with Gasteiger partial charge in [0.1, 0.15) is 0 Å². The molecule has 2 fully saturated rings. The molecule has 4 heteroatoms. The number of aromatic nitrogens is 2. The quantitative estimate of drug-likeness (QED) is 0.788. The van der Waals surface area contributed by atoms with Gasteiger partial charge in [-0.3, -0.25) is 4.90 Å². The predicted molar refractivity (Wildman–Crippen MR) is 68.0 cm³/mol. The highest BCUT2D eigenvalue weighted by molar-refractivity contribution is 5.36. The lowest BCUT2D eigenvalue weighted by molar-refractivity contribution is 0.179. The molecular formula is C13H20N4. The monoisotopic (exact) mass is 232 g/mol. The summed E-state index contributed by atoms with van der Waals surface area (Å²) in [7, 11) is 0. The first-order valence-electron chi connectivity index (χ1n) is 6.61. The molecule has 0 radical (unpaired) electrons. The Kier molecular flexibility index (Phi) is 2.97. The normalized spacial score (nSPS) is 23.7. The van der Waals surface area contributed by atoms with Crippen LogP contribution in [0.2, 0.25) is 0 Å². The lowest BCUT2D eigenvalue weighted by Crippen LogP contribution is -2.50. The van der Waals surface area contributed by atoms with Crippen molar-refractivity contribution >= 4 is 5.82 Å². The van der Waals surface area contributed by atoms with Gasteiger partial charge >= 0.3 is 0 Å². The van der Waals surface area contributed by atoms with Gasteiger partial charge < -0.3 is 4.90 Å². The second kappa shape index (κ2) is 4.61. The minimum Gasteiger partial charge on any atom is -0.353 e. The molecule has 1 aromatic rings. The summed E-state index contributed by atoms with van der Waals surface area (Å²) in [6.45, 7) is 6.86. The Morgan fingerprint density at radius 1 is 1.24 bits per heavy atom. The Morgan fingerprint density at radius 2 is 2.00 bits per heavy atom. The van der Waals surface area contributed by atoms with Crippen molar-refractivity contribution in [3.8, 4) is 0 Å². The summed E-state index contributed by atoms with van der Waals surface area (Å²) in [4.78, 5) is 4.97. The third-order valence-electron chi connectivity index (χ3n) is 4.08. The molecule has 1 aromatic heterocycles. The maximum atomic E-state index is 4.18. The van der Waals surface area contributed by atoms with Gasteiger partial charge in [0, 0.05) is 38.4 Å². The van der Waals surface area contributed by atoms with Gasteiger partial charge in [0.05, 0.1) is 0 Å². The number of hydrogen-bond donors (Lipinski definition) is 0. The number of piperazine rings is 1. The molecule has 17 heavy (non-hydrogen) atoms. The van der Waals surface area contributed by atoms with Crippen LogP contribution < -0.4 is 4.90 Å². The molecule has 1 aliphatic carbocycles. The smallest absolute Gasteiger partial charge is 0.151 e. The molecule has 4 nitrogen and oxygen atoms in total. The van der Waals surface area contributed by atoms with Gasteiger partial charge in [0.2, 0.25) is 0 Å². The Balaban J connectivity index is 1.57. The first kappa shape index (κ1) is 11.0. The SMILES string of the molecule is CC(C1CC1)N1CCN(c2cccnn2)CC1. The van der Waals surface area contributed by atoms with E-state index in [0.717, 1.165) is 44.0 Å². The minimum atomic E-state index is 0.777. The minimum absolute atomic E-state index is 0.777. The van der Waals surface area contributed by atoms with E-state index in [1.807, 2.05) is 12.1 Å². The van der Waals surface area contributed by atoms with Crippen LogP contribution in [0, 0.1) is 5.92 Å². The van der Waals surface area contributed by atoms with Gasteiger partial charge in [-0.25, -0.2) is 0 Å². The molecule has 1 aliphatic heterocycles. The topological polar surface area (TPSA) is 32.3 Å². The summed E-state index contributed by atoms with van der Waals surface area (Å²) in [6.07, 6.45) is 4.60. The number of rotatable bonds is 3. The van der Waals surface area contributed by atoms with Crippen LogP contribution in [-0.4, -0.2) is 47.3 Å². The molecule has 1 saturated carbocycles. The van der Waals surface area contributed by atoms with Gasteiger partial charge in [0.15, 0.2) is 5.82 Å². The molecule has 3 rings (SSSR count). The van der Waals surface area contributed by atoms with Crippen molar-refractivity contribution in [3.63, 3.8) is 0 Å². The zero-order valence-electron chi connectivity index (χ0n) is 10.4. The maximum absolute atomic E-state index is 4.18. The largest absolute Gasteiger partial charge is 0.353 e. The van der Waals surface area contributed by atoms with Crippen molar-refractivity contribution in [2.45, 2.75) is 25.8 Å². The first-order valence-corrected chi connectivity index (χ1v) is 6.61. The van der Waals surface area contributed by atoms with Crippen LogP contribution in [0.4, 0.5) is 5.82 Å². The van der Waals surface area contributed by atoms with Gasteiger partial charge in [-0.05, 0) is 37.8 Å². The van der Waals surface area contributed by atoms with Crippen molar-refractivity contribution in [1.29, 1.82) is 0 Å². The highest BCUT2D eigenvalue weighted by Gasteiger charge is 2.33. The van der Waals surface area contributed by atoms with Crippen molar-refractivity contribution in [3.05, 3.63) is 18.3 Å². The van der Waals surface area contributed by atoms with Crippen LogP contribution >= 0.6 is 0 Å². The molecule has 0 N–H and O–H groups in total. The van der Waals surface area contributed by atoms with E-state index in [2.05, 4.69) is 26.9 Å². The van der Waals surface area contributed by atoms with E-state index >= 15 is 0 Å². The highest BCUT2D eigenvalue weighted by atomic mass is 15.3. The molecular weight excluding hydrogens is 212 g/mol. The van der Waals surface area contributed by atoms with Crippen LogP contribution in [0.15, 0.2) is 18.3 Å². The van der Waals surface area contributed by atoms with E-state index in [-0.39, 0.29) is 0 Å². The summed E-state index contributed by atoms with van der Waals surface area (Å²) in [5.41, 5.74) is 0. The molecule has 0 amide bonds. The fraction of sp³-hybridized carbons (Fsp3) is 0.692. The summed E-state index contributed by atoms with van der Waals surface area (Å²) in [6, 6.07) is 4.79. The van der Waals surface area contributed by atoms with E-state index in [0.29, 0.717) is 0 Å².